The van der Waals surface area contributed by atoms with Crippen LogP contribution in [0.3, 0.4) is 0 Å². The molecule has 0 radical (unpaired) electrons. The Balaban J connectivity index is 0.000000316. The van der Waals surface area contributed by atoms with Crippen molar-refractivity contribution in [2.75, 3.05) is 21.3 Å². The van der Waals surface area contributed by atoms with Gasteiger partial charge in [0.25, 0.3) is 0 Å². The van der Waals surface area contributed by atoms with E-state index in [1.165, 1.54) is 11.1 Å². The van der Waals surface area contributed by atoms with E-state index in [9.17, 15) is 5.11 Å². The summed E-state index contributed by atoms with van der Waals surface area (Å²) in [5.41, 5.74) is 2.93. The molecule has 174 valence electrons. The van der Waals surface area contributed by atoms with E-state index in [4.69, 9.17) is 13.3 Å². The highest BCUT2D eigenvalue weighted by molar-refractivity contribution is 6.75. The number of benzene rings is 2. The summed E-state index contributed by atoms with van der Waals surface area (Å²) >= 11 is 0. The average Bonchev–Trinajstić information content (AvgIpc) is 2.80. The van der Waals surface area contributed by atoms with Crippen molar-refractivity contribution in [3.63, 3.8) is 0 Å². The van der Waals surface area contributed by atoms with E-state index < -0.39 is 14.4 Å². The lowest BCUT2D eigenvalue weighted by Crippen LogP contribution is -2.54. The highest BCUT2D eigenvalue weighted by Gasteiger charge is 2.40. The molecule has 0 aliphatic rings. The summed E-state index contributed by atoms with van der Waals surface area (Å²) in [6.07, 6.45) is 2.29. The molecule has 0 saturated carbocycles. The van der Waals surface area contributed by atoms with Gasteiger partial charge in [-0.1, -0.05) is 76.2 Å². The van der Waals surface area contributed by atoms with Crippen molar-refractivity contribution in [1.29, 1.82) is 0 Å². The molecule has 4 nitrogen and oxygen atoms in total. The molecule has 5 heteroatoms. The topological polar surface area (TPSA) is 47.9 Å². The molecule has 2 unspecified atom stereocenters. The van der Waals surface area contributed by atoms with Crippen LogP contribution in [0.25, 0.3) is 0 Å². The Morgan fingerprint density at radius 3 is 1.39 bits per heavy atom. The van der Waals surface area contributed by atoms with Gasteiger partial charge >= 0.3 is 8.80 Å². The number of hydrogen-bond acceptors (Lipinski definition) is 4. The van der Waals surface area contributed by atoms with Gasteiger partial charge in [-0.3, -0.25) is 0 Å². The zero-order chi connectivity index (χ0) is 23.7. The first-order valence-corrected chi connectivity index (χ1v) is 12.9. The second-order valence-corrected chi connectivity index (χ2v) is 11.5. The number of hydrogen-bond donors (Lipinski definition) is 1. The van der Waals surface area contributed by atoms with Gasteiger partial charge in [0.1, 0.15) is 0 Å². The monoisotopic (exact) mass is 446 g/mol. The predicted molar refractivity (Wildman–Crippen MR) is 132 cm³/mol. The predicted octanol–water partition coefficient (Wildman–Crippen LogP) is 5.71. The Hall–Kier alpha value is -1.50. The van der Waals surface area contributed by atoms with E-state index in [0.717, 1.165) is 23.6 Å². The molecular weight excluding hydrogens is 404 g/mol. The first-order chi connectivity index (χ1) is 14.6. The largest absolute Gasteiger partial charge is 0.536 e. The lowest BCUT2D eigenvalue weighted by molar-refractivity contribution is 0.0786. The molecule has 2 aromatic rings. The molecule has 31 heavy (non-hydrogen) atoms. The summed E-state index contributed by atoms with van der Waals surface area (Å²) < 4.78 is 16.3. The van der Waals surface area contributed by atoms with Crippen LogP contribution in [-0.2, 0) is 18.9 Å². The van der Waals surface area contributed by atoms with E-state index in [0.29, 0.717) is 11.8 Å². The zero-order valence-electron chi connectivity index (χ0n) is 20.9. The molecular formula is C26H42O4Si. The van der Waals surface area contributed by atoms with Gasteiger partial charge in [0, 0.05) is 26.5 Å². The van der Waals surface area contributed by atoms with Gasteiger partial charge < -0.3 is 18.4 Å². The summed E-state index contributed by atoms with van der Waals surface area (Å²) in [7, 11) is 2.22. The fraction of sp³-hybridized carbons (Fsp3) is 0.538. The van der Waals surface area contributed by atoms with Crippen LogP contribution in [0.1, 0.15) is 82.9 Å². The summed E-state index contributed by atoms with van der Waals surface area (Å²) in [6, 6.07) is 16.6. The van der Waals surface area contributed by atoms with E-state index >= 15 is 0 Å². The molecule has 0 saturated heterocycles. The lowest BCUT2D eigenvalue weighted by atomic mass is 9.93. The third-order valence-electron chi connectivity index (χ3n) is 6.05. The van der Waals surface area contributed by atoms with Crippen LogP contribution in [0.5, 0.6) is 0 Å². The average molecular weight is 447 g/mol. The van der Waals surface area contributed by atoms with Crippen molar-refractivity contribution < 1.29 is 18.4 Å². The molecule has 0 bridgehead atoms. The van der Waals surface area contributed by atoms with Gasteiger partial charge in [-0.25, -0.2) is 0 Å². The zero-order valence-corrected chi connectivity index (χ0v) is 21.9. The molecule has 1 N–H and O–H groups in total. The van der Waals surface area contributed by atoms with Gasteiger partial charge in [-0.05, 0) is 55.2 Å². The molecule has 2 aromatic carbocycles. The van der Waals surface area contributed by atoms with Crippen LogP contribution < -0.4 is 5.19 Å². The van der Waals surface area contributed by atoms with Crippen LogP contribution in [0.2, 0.25) is 0 Å². The quantitative estimate of drug-likeness (QED) is 0.501. The van der Waals surface area contributed by atoms with Crippen molar-refractivity contribution in [2.45, 2.75) is 71.8 Å². The molecule has 0 aliphatic heterocycles. The van der Waals surface area contributed by atoms with Crippen LogP contribution in [0.15, 0.2) is 48.5 Å². The molecule has 0 amide bonds. The van der Waals surface area contributed by atoms with Crippen molar-refractivity contribution >= 4 is 14.0 Å². The smallest absolute Gasteiger partial charge is 0.386 e. The van der Waals surface area contributed by atoms with Gasteiger partial charge in [0.15, 0.2) is 0 Å². The van der Waals surface area contributed by atoms with E-state index in [1.807, 2.05) is 38.1 Å². The molecule has 0 aliphatic carbocycles. The maximum Gasteiger partial charge on any atom is 0.536 e. The third-order valence-corrected chi connectivity index (χ3v) is 8.70. The summed E-state index contributed by atoms with van der Waals surface area (Å²) in [5.74, 6) is 1.18. The third kappa shape index (κ3) is 7.54. The first kappa shape index (κ1) is 27.5. The van der Waals surface area contributed by atoms with E-state index in [-0.39, 0.29) is 0 Å². The normalized spacial score (nSPS) is 13.9. The Kier molecular flexibility index (Phi) is 11.1. The van der Waals surface area contributed by atoms with Crippen LogP contribution in [0.4, 0.5) is 0 Å². The number of aliphatic hydroxyl groups is 1. The molecule has 0 aromatic heterocycles. The minimum Gasteiger partial charge on any atom is -0.386 e. The van der Waals surface area contributed by atoms with Crippen molar-refractivity contribution in [1.82, 2.24) is 0 Å². The van der Waals surface area contributed by atoms with Gasteiger partial charge in [-0.15, -0.1) is 0 Å². The fourth-order valence-electron chi connectivity index (χ4n) is 3.31. The second kappa shape index (κ2) is 12.5. The standard InChI is InChI=1S/C13H22O3Si.C13H20O/c1-6-11(2)12-7-9-13(10-8-12)17(14-3,15-4)16-5;1-5-10(2)11-6-8-12(9-7-11)13(3,4)14/h7-11H,6H2,1-5H3;6-10,14H,5H2,1-4H3. The second-order valence-electron chi connectivity index (χ2n) is 8.59. The van der Waals surface area contributed by atoms with E-state index in [2.05, 4.69) is 52.0 Å². The lowest BCUT2D eigenvalue weighted by Gasteiger charge is -2.24. The van der Waals surface area contributed by atoms with Gasteiger partial charge in [0.2, 0.25) is 0 Å². The maximum absolute atomic E-state index is 9.78. The molecule has 2 rings (SSSR count). The molecule has 0 heterocycles. The van der Waals surface area contributed by atoms with Crippen molar-refractivity contribution in [3.8, 4) is 0 Å². The van der Waals surface area contributed by atoms with Gasteiger partial charge in [-0.2, -0.15) is 0 Å². The maximum atomic E-state index is 9.78. The van der Waals surface area contributed by atoms with Crippen molar-refractivity contribution in [3.05, 3.63) is 65.2 Å². The molecule has 0 fully saturated rings. The van der Waals surface area contributed by atoms with Crippen LogP contribution in [0, 0.1) is 0 Å². The summed E-state index contributed by atoms with van der Waals surface area (Å²) in [4.78, 5) is 0. The Labute approximate surface area is 190 Å². The first-order valence-electron chi connectivity index (χ1n) is 11.2. The Bertz CT molecular complexity index is 738. The van der Waals surface area contributed by atoms with Crippen LogP contribution >= 0.6 is 0 Å². The fourth-order valence-corrected chi connectivity index (χ4v) is 5.09. The number of rotatable bonds is 9. The molecule has 0 spiro atoms. The van der Waals surface area contributed by atoms with Gasteiger partial charge in [0.05, 0.1) is 5.60 Å². The van der Waals surface area contributed by atoms with Crippen LogP contribution in [-0.4, -0.2) is 35.2 Å². The Morgan fingerprint density at radius 1 is 0.742 bits per heavy atom. The summed E-state index contributed by atoms with van der Waals surface area (Å²) in [6.45, 7) is 12.4. The highest BCUT2D eigenvalue weighted by Crippen LogP contribution is 2.24. The van der Waals surface area contributed by atoms with Crippen molar-refractivity contribution in [2.24, 2.45) is 0 Å². The summed E-state index contributed by atoms with van der Waals surface area (Å²) in [5, 5.41) is 10.8. The SMILES string of the molecule is CCC(C)c1ccc(C(C)(C)O)cc1.CCC(C)c1ccc([Si](OC)(OC)OC)cc1. The Morgan fingerprint density at radius 2 is 1.10 bits per heavy atom. The molecule has 2 atom stereocenters. The minimum absolute atomic E-state index is 0.577. The highest BCUT2D eigenvalue weighted by atomic mass is 28.4. The minimum atomic E-state index is -2.66. The van der Waals surface area contributed by atoms with E-state index in [1.54, 1.807) is 21.3 Å².